The average Bonchev–Trinajstić information content (AvgIpc) is 2.74. The summed E-state index contributed by atoms with van der Waals surface area (Å²) in [5, 5.41) is 10.5. The first kappa shape index (κ1) is 21.4. The Morgan fingerprint density at radius 1 is 1.29 bits per heavy atom. The van der Waals surface area contributed by atoms with Crippen LogP contribution in [0.4, 0.5) is 0 Å². The molecule has 1 aromatic rings. The van der Waals surface area contributed by atoms with Gasteiger partial charge in [0.2, 0.25) is 6.19 Å². The van der Waals surface area contributed by atoms with Crippen molar-refractivity contribution in [3.8, 4) is 6.19 Å². The molecule has 0 spiro atoms. The van der Waals surface area contributed by atoms with E-state index < -0.39 is 0 Å². The zero-order chi connectivity index (χ0) is 20.0. The Hall–Kier alpha value is -1.26. The normalized spacial score (nSPS) is 26.9. The monoisotopic (exact) mass is 420 g/mol. The quantitative estimate of drug-likeness (QED) is 0.418. The van der Waals surface area contributed by atoms with Crippen molar-refractivity contribution in [3.63, 3.8) is 0 Å². The lowest BCUT2D eigenvalue weighted by atomic mass is 9.77. The Morgan fingerprint density at radius 2 is 1.96 bits per heavy atom. The standard InChI is InChI=1S/C21H29ClN4OS/c1-27-21(15-17-5-3-4-6-19(17)22)9-7-18(8-10-21)25-11-13-26(14-12-25)20(28-2)24-16-23/h3-6,18H,7-15H2,1-2H3. The van der Waals surface area contributed by atoms with Gasteiger partial charge in [-0.25, -0.2) is 0 Å². The molecule has 152 valence electrons. The smallest absolute Gasteiger partial charge is 0.208 e. The number of rotatable bonds is 4. The van der Waals surface area contributed by atoms with Crippen LogP contribution in [0.15, 0.2) is 29.3 Å². The highest BCUT2D eigenvalue weighted by molar-refractivity contribution is 8.13. The van der Waals surface area contributed by atoms with E-state index >= 15 is 0 Å². The fourth-order valence-corrected chi connectivity index (χ4v) is 5.28. The number of benzene rings is 1. The summed E-state index contributed by atoms with van der Waals surface area (Å²) >= 11 is 7.94. The van der Waals surface area contributed by atoms with Crippen LogP contribution >= 0.6 is 23.4 Å². The summed E-state index contributed by atoms with van der Waals surface area (Å²) in [6, 6.07) is 8.71. The molecule has 1 heterocycles. The van der Waals surface area contributed by atoms with E-state index in [1.165, 1.54) is 5.56 Å². The van der Waals surface area contributed by atoms with Crippen molar-refractivity contribution in [2.24, 2.45) is 4.99 Å². The van der Waals surface area contributed by atoms with Crippen molar-refractivity contribution in [2.75, 3.05) is 39.5 Å². The maximum Gasteiger partial charge on any atom is 0.208 e. The van der Waals surface area contributed by atoms with Gasteiger partial charge in [-0.05, 0) is 43.6 Å². The summed E-state index contributed by atoms with van der Waals surface area (Å²) < 4.78 is 6.03. The number of nitrogens with zero attached hydrogens (tertiary/aromatic N) is 4. The second-order valence-corrected chi connectivity index (χ2v) is 8.79. The van der Waals surface area contributed by atoms with Crippen LogP contribution in [0.2, 0.25) is 5.02 Å². The van der Waals surface area contributed by atoms with E-state index in [1.54, 1.807) is 11.8 Å². The lowest BCUT2D eigenvalue weighted by molar-refractivity contribution is -0.0575. The first-order valence-electron chi connectivity index (χ1n) is 9.89. The van der Waals surface area contributed by atoms with Gasteiger partial charge in [-0.3, -0.25) is 4.90 Å². The predicted octanol–water partition coefficient (Wildman–Crippen LogP) is 4.03. The molecule has 1 saturated heterocycles. The van der Waals surface area contributed by atoms with Crippen molar-refractivity contribution in [3.05, 3.63) is 34.9 Å². The lowest BCUT2D eigenvalue weighted by Gasteiger charge is -2.45. The maximum atomic E-state index is 8.84. The molecule has 1 aromatic carbocycles. The van der Waals surface area contributed by atoms with Gasteiger partial charge < -0.3 is 9.64 Å². The molecule has 3 rings (SSSR count). The third-order valence-electron chi connectivity index (χ3n) is 6.20. The van der Waals surface area contributed by atoms with Crippen LogP contribution in [0, 0.1) is 11.5 Å². The van der Waals surface area contributed by atoms with Gasteiger partial charge in [-0.2, -0.15) is 5.26 Å². The molecule has 0 atom stereocenters. The van der Waals surface area contributed by atoms with Crippen LogP contribution in [0.5, 0.6) is 0 Å². The highest BCUT2D eigenvalue weighted by Gasteiger charge is 2.38. The molecule has 0 radical (unpaired) electrons. The summed E-state index contributed by atoms with van der Waals surface area (Å²) in [7, 11) is 1.84. The molecule has 0 N–H and O–H groups in total. The minimum absolute atomic E-state index is 0.102. The molecule has 2 aliphatic rings. The number of nitriles is 1. The Labute approximate surface area is 177 Å². The summed E-state index contributed by atoms with van der Waals surface area (Å²) in [4.78, 5) is 8.78. The SMILES string of the molecule is COC1(Cc2ccccc2Cl)CCC(N2CCN(C(=NC#N)SC)CC2)CC1. The van der Waals surface area contributed by atoms with Crippen molar-refractivity contribution >= 4 is 28.5 Å². The summed E-state index contributed by atoms with van der Waals surface area (Å²) in [5.41, 5.74) is 1.08. The third-order valence-corrected chi connectivity index (χ3v) is 7.28. The second kappa shape index (κ2) is 9.98. The molecule has 1 aliphatic heterocycles. The molecule has 7 heteroatoms. The molecule has 1 saturated carbocycles. The number of thioether (sulfide) groups is 1. The van der Waals surface area contributed by atoms with Gasteiger partial charge >= 0.3 is 0 Å². The van der Waals surface area contributed by atoms with Gasteiger partial charge in [0, 0.05) is 50.8 Å². The van der Waals surface area contributed by atoms with E-state index in [1.807, 2.05) is 37.8 Å². The number of halogens is 1. The number of piperazine rings is 1. The Kier molecular flexibility index (Phi) is 7.64. The van der Waals surface area contributed by atoms with E-state index in [9.17, 15) is 0 Å². The van der Waals surface area contributed by atoms with E-state index in [4.69, 9.17) is 21.6 Å². The highest BCUT2D eigenvalue weighted by Crippen LogP contribution is 2.37. The molecule has 2 fully saturated rings. The van der Waals surface area contributed by atoms with E-state index in [0.717, 1.165) is 68.5 Å². The largest absolute Gasteiger partial charge is 0.378 e. The van der Waals surface area contributed by atoms with E-state index in [2.05, 4.69) is 20.9 Å². The zero-order valence-electron chi connectivity index (χ0n) is 16.7. The van der Waals surface area contributed by atoms with Crippen LogP contribution in [0.3, 0.4) is 0 Å². The van der Waals surface area contributed by atoms with Gasteiger partial charge in [0.1, 0.15) is 0 Å². The van der Waals surface area contributed by atoms with E-state index in [-0.39, 0.29) is 5.60 Å². The summed E-state index contributed by atoms with van der Waals surface area (Å²) in [5.74, 6) is 0. The zero-order valence-corrected chi connectivity index (χ0v) is 18.3. The van der Waals surface area contributed by atoms with Crippen molar-refractivity contribution in [1.82, 2.24) is 9.80 Å². The number of ether oxygens (including phenoxy) is 1. The summed E-state index contributed by atoms with van der Waals surface area (Å²) in [6.07, 6.45) is 9.21. The topological polar surface area (TPSA) is 51.9 Å². The molecule has 0 unspecified atom stereocenters. The minimum Gasteiger partial charge on any atom is -0.378 e. The van der Waals surface area contributed by atoms with Gasteiger partial charge in [-0.1, -0.05) is 41.6 Å². The third kappa shape index (κ3) is 5.01. The molecule has 5 nitrogen and oxygen atoms in total. The van der Waals surface area contributed by atoms with Crippen LogP contribution in [0.1, 0.15) is 31.2 Å². The molecule has 0 amide bonds. The van der Waals surface area contributed by atoms with Crippen LogP contribution in [0.25, 0.3) is 0 Å². The first-order chi connectivity index (χ1) is 13.6. The number of hydrogen-bond donors (Lipinski definition) is 0. The van der Waals surface area contributed by atoms with Gasteiger partial charge in [0.25, 0.3) is 0 Å². The molecule has 1 aliphatic carbocycles. The molecule has 0 aromatic heterocycles. The minimum atomic E-state index is -0.102. The number of amidine groups is 1. The highest BCUT2D eigenvalue weighted by atomic mass is 35.5. The second-order valence-electron chi connectivity index (χ2n) is 7.61. The number of hydrogen-bond acceptors (Lipinski definition) is 5. The fourth-order valence-electron chi connectivity index (χ4n) is 4.50. The number of aliphatic imine (C=N–C) groups is 1. The van der Waals surface area contributed by atoms with E-state index in [0.29, 0.717) is 6.04 Å². The van der Waals surface area contributed by atoms with Crippen LogP contribution in [-0.4, -0.2) is 66.2 Å². The van der Waals surface area contributed by atoms with Crippen LogP contribution in [-0.2, 0) is 11.2 Å². The maximum absolute atomic E-state index is 8.84. The van der Waals surface area contributed by atoms with Crippen molar-refractivity contribution in [1.29, 1.82) is 5.26 Å². The fraction of sp³-hybridized carbons (Fsp3) is 0.619. The average molecular weight is 421 g/mol. The molecule has 0 bridgehead atoms. The lowest BCUT2D eigenvalue weighted by Crippen LogP contribution is -2.53. The predicted molar refractivity (Wildman–Crippen MR) is 117 cm³/mol. The van der Waals surface area contributed by atoms with Gasteiger partial charge in [-0.15, -0.1) is 4.99 Å². The van der Waals surface area contributed by atoms with Crippen molar-refractivity contribution in [2.45, 2.75) is 43.7 Å². The molecule has 28 heavy (non-hydrogen) atoms. The van der Waals surface area contributed by atoms with Crippen LogP contribution < -0.4 is 0 Å². The molecular formula is C21H29ClN4OS. The van der Waals surface area contributed by atoms with Gasteiger partial charge in [0.05, 0.1) is 5.60 Å². The Morgan fingerprint density at radius 3 is 2.54 bits per heavy atom. The van der Waals surface area contributed by atoms with Crippen molar-refractivity contribution < 1.29 is 4.74 Å². The van der Waals surface area contributed by atoms with Gasteiger partial charge in [0.15, 0.2) is 5.17 Å². The first-order valence-corrected chi connectivity index (χ1v) is 11.5. The Balaban J connectivity index is 1.54. The summed E-state index contributed by atoms with van der Waals surface area (Å²) in [6.45, 7) is 3.93. The Bertz CT molecular complexity index is 719. The molecular weight excluding hydrogens is 392 g/mol. The number of methoxy groups -OCH3 is 1.